The van der Waals surface area contributed by atoms with Crippen LogP contribution in [0.15, 0.2) is 40.6 Å². The Labute approximate surface area is 127 Å². The first-order valence-electron chi connectivity index (χ1n) is 5.76. The van der Waals surface area contributed by atoms with E-state index in [9.17, 15) is 8.42 Å². The van der Waals surface area contributed by atoms with Crippen LogP contribution in [0.4, 0.5) is 5.69 Å². The Morgan fingerprint density at radius 1 is 1.35 bits per heavy atom. The molecule has 1 aromatic carbocycles. The minimum atomic E-state index is -3.61. The first-order valence-corrected chi connectivity index (χ1v) is 8.61. The summed E-state index contributed by atoms with van der Waals surface area (Å²) >= 11 is 7.05. The maximum Gasteiger partial charge on any atom is 0.265 e. The normalized spacial score (nSPS) is 11.3. The van der Waals surface area contributed by atoms with Crippen LogP contribution in [0.5, 0.6) is 5.75 Å². The van der Waals surface area contributed by atoms with Gasteiger partial charge in [-0.25, -0.2) is 8.42 Å². The number of benzene rings is 1. The predicted molar refractivity (Wildman–Crippen MR) is 82.5 cm³/mol. The molecule has 0 bridgehead atoms. The van der Waals surface area contributed by atoms with Crippen molar-refractivity contribution in [1.82, 2.24) is 0 Å². The largest absolute Gasteiger partial charge is 0.495 e. The minimum absolute atomic E-state index is 0.242. The number of halogens is 1. The van der Waals surface area contributed by atoms with Gasteiger partial charge in [-0.15, -0.1) is 22.9 Å². The molecule has 1 heterocycles. The van der Waals surface area contributed by atoms with Crippen LogP contribution in [-0.2, 0) is 15.9 Å². The fourth-order valence-electron chi connectivity index (χ4n) is 1.74. The third kappa shape index (κ3) is 2.77. The van der Waals surface area contributed by atoms with E-state index in [0.717, 1.165) is 4.88 Å². The van der Waals surface area contributed by atoms with Gasteiger partial charge in [0.1, 0.15) is 5.75 Å². The number of sulfonamides is 1. The molecule has 108 valence electrons. The van der Waals surface area contributed by atoms with Crippen LogP contribution in [0.3, 0.4) is 0 Å². The Kier molecular flexibility index (Phi) is 4.57. The average molecular weight is 332 g/mol. The molecule has 0 aliphatic carbocycles. The number of hydrogen-bond acceptors (Lipinski definition) is 4. The van der Waals surface area contributed by atoms with Crippen LogP contribution in [0.1, 0.15) is 4.88 Å². The molecule has 20 heavy (non-hydrogen) atoms. The lowest BCUT2D eigenvalue weighted by atomic mass is 10.3. The number of rotatable bonds is 5. The zero-order valence-corrected chi connectivity index (χ0v) is 13.4. The molecule has 0 fully saturated rings. The molecule has 0 unspecified atom stereocenters. The van der Waals surface area contributed by atoms with E-state index in [-0.39, 0.29) is 4.90 Å². The minimum Gasteiger partial charge on any atom is -0.495 e. The van der Waals surface area contributed by atoms with Crippen LogP contribution < -0.4 is 9.04 Å². The Balaban J connectivity index is 2.43. The van der Waals surface area contributed by atoms with Gasteiger partial charge in [-0.2, -0.15) is 0 Å². The maximum atomic E-state index is 12.6. The van der Waals surface area contributed by atoms with Crippen molar-refractivity contribution in [2.75, 3.05) is 18.5 Å². The second-order valence-corrected chi connectivity index (χ2v) is 7.26. The summed E-state index contributed by atoms with van der Waals surface area (Å²) in [5.41, 5.74) is 0.494. The molecule has 0 radical (unpaired) electrons. The summed E-state index contributed by atoms with van der Waals surface area (Å²) in [4.78, 5) is 1.06. The van der Waals surface area contributed by atoms with Gasteiger partial charge in [0.05, 0.1) is 23.6 Å². The first-order chi connectivity index (χ1) is 9.50. The summed E-state index contributed by atoms with van der Waals surface area (Å²) in [5, 5.41) is 1.60. The molecule has 0 aliphatic rings. The van der Waals surface area contributed by atoms with E-state index in [1.165, 1.54) is 29.8 Å². The summed E-state index contributed by atoms with van der Waals surface area (Å²) in [6.45, 7) is 0. The van der Waals surface area contributed by atoms with Crippen molar-refractivity contribution >= 4 is 38.6 Å². The fraction of sp³-hybridized carbons (Fsp3) is 0.231. The van der Waals surface area contributed by atoms with Gasteiger partial charge in [0.15, 0.2) is 0 Å². The Morgan fingerprint density at radius 2 is 2.05 bits per heavy atom. The quantitative estimate of drug-likeness (QED) is 0.790. The van der Waals surface area contributed by atoms with Gasteiger partial charge < -0.3 is 4.74 Å². The van der Waals surface area contributed by atoms with E-state index in [2.05, 4.69) is 0 Å². The van der Waals surface area contributed by atoms with Gasteiger partial charge in [-0.05, 0) is 18.2 Å². The molecule has 0 saturated heterocycles. The van der Waals surface area contributed by atoms with Crippen molar-refractivity contribution < 1.29 is 13.2 Å². The Morgan fingerprint density at radius 3 is 2.65 bits per heavy atom. The van der Waals surface area contributed by atoms with Crippen molar-refractivity contribution in [3.05, 3.63) is 40.6 Å². The number of alkyl halides is 1. The zero-order chi connectivity index (χ0) is 14.8. The van der Waals surface area contributed by atoms with Crippen molar-refractivity contribution in [2.24, 2.45) is 0 Å². The molecule has 4 nitrogen and oxygen atoms in total. The smallest absolute Gasteiger partial charge is 0.265 e. The van der Waals surface area contributed by atoms with Crippen LogP contribution >= 0.6 is 22.9 Å². The number of anilines is 1. The summed E-state index contributed by atoms with van der Waals surface area (Å²) in [6, 6.07) is 8.57. The lowest BCUT2D eigenvalue weighted by molar-refractivity contribution is 0.416. The maximum absolute atomic E-state index is 12.6. The highest BCUT2D eigenvalue weighted by Gasteiger charge is 2.24. The summed E-state index contributed by atoms with van der Waals surface area (Å²) in [5.74, 6) is 0.810. The molecule has 0 spiro atoms. The molecule has 0 atom stereocenters. The third-order valence-corrected chi connectivity index (χ3v) is 6.13. The molecule has 0 N–H and O–H groups in total. The molecule has 0 amide bonds. The molecule has 0 saturated carbocycles. The Hall–Kier alpha value is -1.24. The van der Waals surface area contributed by atoms with Crippen molar-refractivity contribution in [1.29, 1.82) is 0 Å². The monoisotopic (exact) mass is 331 g/mol. The number of nitrogens with zero attached hydrogens (tertiary/aromatic N) is 1. The standard InChI is InChI=1S/C13H14ClNO3S2/c1-15(12-5-3-4-6-13(12)18-2)20(16,17)11-7-10(8-14)19-9-11/h3-7,9H,8H2,1-2H3. The van der Waals surface area contributed by atoms with Crippen molar-refractivity contribution in [3.63, 3.8) is 0 Å². The second-order valence-electron chi connectivity index (χ2n) is 4.03. The van der Waals surface area contributed by atoms with Crippen LogP contribution in [0, 0.1) is 0 Å². The summed E-state index contributed by atoms with van der Waals surface area (Å²) in [6.07, 6.45) is 0. The lowest BCUT2D eigenvalue weighted by Crippen LogP contribution is -2.26. The molecule has 2 rings (SSSR count). The predicted octanol–water partition coefficient (Wildman–Crippen LogP) is 3.32. The lowest BCUT2D eigenvalue weighted by Gasteiger charge is -2.20. The highest BCUT2D eigenvalue weighted by atomic mass is 35.5. The number of methoxy groups -OCH3 is 1. The van der Waals surface area contributed by atoms with Gasteiger partial charge in [0.25, 0.3) is 10.0 Å². The van der Waals surface area contributed by atoms with Gasteiger partial charge in [-0.1, -0.05) is 12.1 Å². The van der Waals surface area contributed by atoms with E-state index >= 15 is 0 Å². The average Bonchev–Trinajstić information content (AvgIpc) is 2.96. The fourth-order valence-corrected chi connectivity index (χ4v) is 4.33. The summed E-state index contributed by atoms with van der Waals surface area (Å²) < 4.78 is 31.5. The topological polar surface area (TPSA) is 46.6 Å². The highest BCUT2D eigenvalue weighted by molar-refractivity contribution is 7.93. The van der Waals surface area contributed by atoms with E-state index in [0.29, 0.717) is 17.3 Å². The Bertz CT molecular complexity index is 697. The summed E-state index contributed by atoms with van der Waals surface area (Å²) in [7, 11) is -0.594. The van der Waals surface area contributed by atoms with Gasteiger partial charge in [-0.3, -0.25) is 4.31 Å². The first kappa shape index (κ1) is 15.2. The van der Waals surface area contributed by atoms with E-state index in [1.54, 1.807) is 35.7 Å². The number of thiophene rings is 1. The number of ether oxygens (including phenoxy) is 1. The second kappa shape index (κ2) is 6.03. The zero-order valence-electron chi connectivity index (χ0n) is 11.0. The van der Waals surface area contributed by atoms with E-state index in [4.69, 9.17) is 16.3 Å². The van der Waals surface area contributed by atoms with E-state index < -0.39 is 10.0 Å². The molecular formula is C13H14ClNO3S2. The van der Waals surface area contributed by atoms with Crippen LogP contribution in [0.2, 0.25) is 0 Å². The van der Waals surface area contributed by atoms with Crippen molar-refractivity contribution in [2.45, 2.75) is 10.8 Å². The van der Waals surface area contributed by atoms with Crippen LogP contribution in [0.25, 0.3) is 0 Å². The molecular weight excluding hydrogens is 318 g/mol. The van der Waals surface area contributed by atoms with Crippen molar-refractivity contribution in [3.8, 4) is 5.75 Å². The van der Waals surface area contributed by atoms with Crippen LogP contribution in [-0.4, -0.2) is 22.6 Å². The number of hydrogen-bond donors (Lipinski definition) is 0. The third-order valence-electron chi connectivity index (χ3n) is 2.84. The molecule has 2 aromatic rings. The highest BCUT2D eigenvalue weighted by Crippen LogP contribution is 2.32. The van der Waals surface area contributed by atoms with Gasteiger partial charge in [0, 0.05) is 17.3 Å². The molecule has 7 heteroatoms. The van der Waals surface area contributed by atoms with E-state index in [1.807, 2.05) is 0 Å². The molecule has 0 aliphatic heterocycles. The van der Waals surface area contributed by atoms with Gasteiger partial charge in [0.2, 0.25) is 0 Å². The molecule has 1 aromatic heterocycles. The SMILES string of the molecule is COc1ccccc1N(C)S(=O)(=O)c1csc(CCl)c1. The van der Waals surface area contributed by atoms with Gasteiger partial charge >= 0.3 is 0 Å². The number of para-hydroxylation sites is 2.